The first-order valence-corrected chi connectivity index (χ1v) is 22.9. The first-order chi connectivity index (χ1) is 31.0. The van der Waals surface area contributed by atoms with Gasteiger partial charge in [0.25, 0.3) is 0 Å². The molecule has 0 spiro atoms. The Kier molecular flexibility index (Phi) is 10.6. The van der Waals surface area contributed by atoms with Gasteiger partial charge in [0.2, 0.25) is 0 Å². The summed E-state index contributed by atoms with van der Waals surface area (Å²) in [6.45, 7) is 18.3. The molecule has 0 aliphatic carbocycles. The van der Waals surface area contributed by atoms with Gasteiger partial charge in [-0.2, -0.15) is 0 Å². The van der Waals surface area contributed by atoms with Gasteiger partial charge in [0.15, 0.2) is 0 Å². The van der Waals surface area contributed by atoms with E-state index < -0.39 is 0 Å². The van der Waals surface area contributed by atoms with Gasteiger partial charge in [0.1, 0.15) is 0 Å². The zero-order chi connectivity index (χ0) is 44.2. The normalized spacial score (nSPS) is 11.7. The second kappa shape index (κ2) is 16.5. The molecule has 0 saturated heterocycles. The maximum absolute atomic E-state index is 2.54. The molecule has 0 aromatic heterocycles. The van der Waals surface area contributed by atoms with Crippen molar-refractivity contribution in [2.24, 2.45) is 0 Å². The number of hydrogen-bond donors (Lipinski definition) is 0. The molecular weight excluding hydrogens is 773 g/mol. The standard InChI is InChI=1S/C62H56N2/c1-39(2)55-37-59(63(49-23-15-17-41(5)33-49)57-35-47(27-25-43(57)7)45-19-11-9-12-20-45)53-32-30-52-56(40(3)4)38-60(54-31-29-51(55)61(53)62(52)54)64(50-24-16-18-42(6)34-50)58-36-48(28-26-44(58)8)46-21-13-10-14-22-46/h9-40H,1-8H3. The third-order valence-corrected chi connectivity index (χ3v) is 13.3. The van der Waals surface area contributed by atoms with Crippen LogP contribution >= 0.6 is 0 Å². The number of anilines is 6. The summed E-state index contributed by atoms with van der Waals surface area (Å²) in [7, 11) is 0. The van der Waals surface area contributed by atoms with Crippen LogP contribution in [0.15, 0.2) is 182 Å². The van der Waals surface area contributed by atoms with Crippen LogP contribution in [0.5, 0.6) is 0 Å². The lowest BCUT2D eigenvalue weighted by Crippen LogP contribution is -2.14. The van der Waals surface area contributed by atoms with Crippen molar-refractivity contribution >= 4 is 66.4 Å². The summed E-state index contributed by atoms with van der Waals surface area (Å²) in [6.07, 6.45) is 0. The first-order valence-electron chi connectivity index (χ1n) is 22.9. The van der Waals surface area contributed by atoms with Crippen LogP contribution < -0.4 is 9.80 Å². The Labute approximate surface area is 379 Å². The van der Waals surface area contributed by atoms with Crippen molar-refractivity contribution in [1.29, 1.82) is 0 Å². The minimum absolute atomic E-state index is 0.288. The Bertz CT molecular complexity index is 3100. The summed E-state index contributed by atoms with van der Waals surface area (Å²) in [6, 6.07) is 68.1. The van der Waals surface area contributed by atoms with Crippen LogP contribution in [0.25, 0.3) is 54.6 Å². The van der Waals surface area contributed by atoms with Crippen molar-refractivity contribution < 1.29 is 0 Å². The molecule has 0 saturated carbocycles. The van der Waals surface area contributed by atoms with E-state index in [1.165, 1.54) is 111 Å². The topological polar surface area (TPSA) is 6.48 Å². The predicted octanol–water partition coefficient (Wildman–Crippen LogP) is 18.3. The molecule has 0 bridgehead atoms. The van der Waals surface area contributed by atoms with Gasteiger partial charge in [0.05, 0.1) is 11.4 Å². The van der Waals surface area contributed by atoms with Crippen LogP contribution in [0, 0.1) is 27.7 Å². The molecule has 0 fully saturated rings. The van der Waals surface area contributed by atoms with E-state index >= 15 is 0 Å². The van der Waals surface area contributed by atoms with Gasteiger partial charge in [-0.05, 0) is 165 Å². The molecule has 314 valence electrons. The quantitative estimate of drug-likeness (QED) is 0.127. The Hall–Kier alpha value is -7.16. The molecule has 0 atom stereocenters. The summed E-state index contributed by atoms with van der Waals surface area (Å²) in [5.74, 6) is 0.575. The van der Waals surface area contributed by atoms with Gasteiger partial charge in [-0.1, -0.05) is 161 Å². The van der Waals surface area contributed by atoms with E-state index in [1.807, 2.05) is 0 Å². The van der Waals surface area contributed by atoms with Crippen LogP contribution in [-0.4, -0.2) is 0 Å². The lowest BCUT2D eigenvalue weighted by Gasteiger charge is -2.33. The number of benzene rings is 10. The average Bonchev–Trinajstić information content (AvgIpc) is 3.30. The molecule has 10 aromatic rings. The van der Waals surface area contributed by atoms with Crippen molar-refractivity contribution in [3.8, 4) is 22.3 Å². The van der Waals surface area contributed by atoms with Crippen molar-refractivity contribution in [1.82, 2.24) is 0 Å². The fraction of sp³-hybridized carbons (Fsp3) is 0.161. The minimum atomic E-state index is 0.288. The molecule has 0 amide bonds. The van der Waals surface area contributed by atoms with Crippen LogP contribution in [0.2, 0.25) is 0 Å². The van der Waals surface area contributed by atoms with E-state index in [4.69, 9.17) is 0 Å². The van der Waals surface area contributed by atoms with E-state index in [2.05, 4.69) is 247 Å². The molecule has 10 aromatic carbocycles. The molecule has 0 heterocycles. The zero-order valence-corrected chi connectivity index (χ0v) is 38.4. The molecular formula is C62H56N2. The molecule has 10 rings (SSSR count). The van der Waals surface area contributed by atoms with Gasteiger partial charge >= 0.3 is 0 Å². The molecule has 0 aliphatic heterocycles. The lowest BCUT2D eigenvalue weighted by molar-refractivity contribution is 0.875. The third kappa shape index (κ3) is 7.18. The molecule has 0 radical (unpaired) electrons. The highest BCUT2D eigenvalue weighted by Crippen LogP contribution is 2.52. The van der Waals surface area contributed by atoms with Crippen LogP contribution in [0.1, 0.15) is 72.9 Å². The van der Waals surface area contributed by atoms with Crippen LogP contribution in [0.3, 0.4) is 0 Å². The van der Waals surface area contributed by atoms with Gasteiger partial charge < -0.3 is 9.80 Å². The molecule has 64 heavy (non-hydrogen) atoms. The maximum atomic E-state index is 2.54. The molecule has 0 aliphatic rings. The molecule has 2 nitrogen and oxygen atoms in total. The first kappa shape index (κ1) is 40.9. The number of hydrogen-bond acceptors (Lipinski definition) is 2. The van der Waals surface area contributed by atoms with Gasteiger partial charge in [-0.25, -0.2) is 0 Å². The second-order valence-corrected chi connectivity index (χ2v) is 18.4. The fourth-order valence-corrected chi connectivity index (χ4v) is 10.0. The van der Waals surface area contributed by atoms with Crippen molar-refractivity contribution in [3.05, 3.63) is 215 Å². The van der Waals surface area contributed by atoms with E-state index in [1.54, 1.807) is 0 Å². The minimum Gasteiger partial charge on any atom is -0.310 e. The van der Waals surface area contributed by atoms with E-state index in [-0.39, 0.29) is 11.8 Å². The Morgan fingerprint density at radius 3 is 1.08 bits per heavy atom. The van der Waals surface area contributed by atoms with Crippen molar-refractivity contribution in [3.63, 3.8) is 0 Å². The smallest absolute Gasteiger partial charge is 0.0543 e. The van der Waals surface area contributed by atoms with Crippen molar-refractivity contribution in [2.75, 3.05) is 9.80 Å². The Morgan fingerprint density at radius 2 is 0.703 bits per heavy atom. The number of nitrogens with zero attached hydrogens (tertiary/aromatic N) is 2. The van der Waals surface area contributed by atoms with Crippen LogP contribution in [0.4, 0.5) is 34.1 Å². The summed E-state index contributed by atoms with van der Waals surface area (Å²) in [4.78, 5) is 5.07. The monoisotopic (exact) mass is 828 g/mol. The highest BCUT2D eigenvalue weighted by atomic mass is 15.2. The highest BCUT2D eigenvalue weighted by molar-refractivity contribution is 6.29. The molecule has 0 N–H and O–H groups in total. The van der Waals surface area contributed by atoms with Gasteiger partial charge in [-0.3, -0.25) is 0 Å². The van der Waals surface area contributed by atoms with E-state index in [0.29, 0.717) is 0 Å². The largest absolute Gasteiger partial charge is 0.310 e. The summed E-state index contributed by atoms with van der Waals surface area (Å²) >= 11 is 0. The predicted molar refractivity (Wildman–Crippen MR) is 278 cm³/mol. The third-order valence-electron chi connectivity index (χ3n) is 13.3. The van der Waals surface area contributed by atoms with E-state index in [0.717, 1.165) is 11.4 Å². The van der Waals surface area contributed by atoms with Gasteiger partial charge in [0, 0.05) is 33.5 Å². The van der Waals surface area contributed by atoms with E-state index in [9.17, 15) is 0 Å². The summed E-state index contributed by atoms with van der Waals surface area (Å²) < 4.78 is 0. The van der Waals surface area contributed by atoms with Crippen molar-refractivity contribution in [2.45, 2.75) is 67.2 Å². The van der Waals surface area contributed by atoms with Gasteiger partial charge in [-0.15, -0.1) is 0 Å². The summed E-state index contributed by atoms with van der Waals surface area (Å²) in [5, 5.41) is 7.80. The SMILES string of the molecule is Cc1cccc(N(c2cc(-c3ccccc3)ccc2C)c2cc(C(C)C)c3ccc4c(N(c5cccc(C)c5)c5cc(-c6ccccc6)ccc5C)cc(C(C)C)c5ccc2c3c54)c1. The maximum Gasteiger partial charge on any atom is 0.0543 e. The van der Waals surface area contributed by atoms with Crippen LogP contribution in [-0.2, 0) is 0 Å². The Morgan fingerprint density at radius 1 is 0.312 bits per heavy atom. The fourth-order valence-electron chi connectivity index (χ4n) is 10.0. The summed E-state index contributed by atoms with van der Waals surface area (Å²) in [5.41, 5.74) is 19.5. The number of aryl methyl sites for hydroxylation is 4. The lowest BCUT2D eigenvalue weighted by atomic mass is 9.84. The zero-order valence-electron chi connectivity index (χ0n) is 38.4. The number of rotatable bonds is 10. The molecule has 0 unspecified atom stereocenters. The molecule has 2 heteroatoms. The Balaban J connectivity index is 1.32. The average molecular weight is 829 g/mol. The highest BCUT2D eigenvalue weighted by Gasteiger charge is 2.27. The second-order valence-electron chi connectivity index (χ2n) is 18.4.